The third kappa shape index (κ3) is 4.13. The Labute approximate surface area is 194 Å². The van der Waals surface area contributed by atoms with E-state index in [1.54, 1.807) is 6.33 Å². The number of aryl methyl sites for hydroxylation is 1. The number of nitriles is 1. The molecule has 2 aromatic heterocycles. The van der Waals surface area contributed by atoms with Crippen LogP contribution in [0.3, 0.4) is 0 Å². The molecule has 3 heterocycles. The number of aromatic nitrogens is 3. The highest BCUT2D eigenvalue weighted by atomic mass is 15.3. The first kappa shape index (κ1) is 21.3. The molecule has 0 saturated carbocycles. The molecule has 1 saturated heterocycles. The van der Waals surface area contributed by atoms with Gasteiger partial charge in [0.25, 0.3) is 0 Å². The van der Waals surface area contributed by atoms with Crippen LogP contribution in [0.5, 0.6) is 0 Å². The van der Waals surface area contributed by atoms with Crippen LogP contribution in [0.1, 0.15) is 23.1 Å². The van der Waals surface area contributed by atoms with Crippen LogP contribution in [0, 0.1) is 18.3 Å². The van der Waals surface area contributed by atoms with Gasteiger partial charge in [-0.1, -0.05) is 42.0 Å². The van der Waals surface area contributed by atoms with Crippen LogP contribution >= 0.6 is 0 Å². The molecule has 6 heteroatoms. The van der Waals surface area contributed by atoms with Gasteiger partial charge in [-0.05, 0) is 51.2 Å². The van der Waals surface area contributed by atoms with Gasteiger partial charge in [0.1, 0.15) is 6.33 Å². The number of rotatable bonds is 5. The molecule has 0 bridgehead atoms. The van der Waals surface area contributed by atoms with E-state index in [0.29, 0.717) is 11.6 Å². The molecular weight excluding hydrogens is 408 g/mol. The molecule has 0 spiro atoms. The summed E-state index contributed by atoms with van der Waals surface area (Å²) in [6.45, 7) is 5.06. The summed E-state index contributed by atoms with van der Waals surface area (Å²) in [5, 5.41) is 13.9. The molecule has 166 valence electrons. The largest absolute Gasteiger partial charge is 0.305 e. The summed E-state index contributed by atoms with van der Waals surface area (Å²) in [6.07, 6.45) is 2.82. The molecule has 1 aliphatic heterocycles. The second-order valence-electron chi connectivity index (χ2n) is 9.12. The minimum atomic E-state index is 0.587. The quantitative estimate of drug-likeness (QED) is 0.465. The third-order valence-electron chi connectivity index (χ3n) is 6.64. The zero-order valence-corrected chi connectivity index (χ0v) is 19.4. The van der Waals surface area contributed by atoms with E-state index in [0.717, 1.165) is 47.7 Å². The molecule has 33 heavy (non-hydrogen) atoms. The maximum atomic E-state index is 9.25. The Morgan fingerprint density at radius 2 is 1.79 bits per heavy atom. The molecule has 0 unspecified atom stereocenters. The van der Waals surface area contributed by atoms with E-state index < -0.39 is 0 Å². The molecule has 0 N–H and O–H groups in total. The summed E-state index contributed by atoms with van der Waals surface area (Å²) >= 11 is 0. The number of fused-ring (bicyclic) bond motifs is 1. The molecule has 1 fully saturated rings. The zero-order chi connectivity index (χ0) is 22.9. The van der Waals surface area contributed by atoms with E-state index in [9.17, 15) is 5.26 Å². The Hall–Kier alpha value is -3.53. The van der Waals surface area contributed by atoms with Crippen molar-refractivity contribution in [3.05, 3.63) is 77.6 Å². The number of likely N-dealkylation sites (tertiary alicyclic amines) is 1. The van der Waals surface area contributed by atoms with Crippen LogP contribution in [0.4, 0.5) is 0 Å². The fraction of sp³-hybridized carbons (Fsp3) is 0.296. The van der Waals surface area contributed by atoms with Gasteiger partial charge in [-0.3, -0.25) is 4.90 Å². The van der Waals surface area contributed by atoms with Gasteiger partial charge in [-0.25, -0.2) is 9.50 Å². The SMILES string of the molecule is Cc1ccc(-c2c(-c3ccc(C#N)cc3)cc(CN3CC[C@@H](N(C)C)C3)c3ncnn23)cc1. The summed E-state index contributed by atoms with van der Waals surface area (Å²) < 4.78 is 1.98. The standard InChI is InChI=1S/C27H28N6/c1-19-4-8-22(9-5-19)26-25(21-10-6-20(15-28)7-11-21)14-23(27-29-18-30-33(26)27)16-32-13-12-24(17-32)31(2)3/h4-11,14,18,24H,12-13,16-17H2,1-3H3/t24-/m1/s1. The number of benzene rings is 2. The van der Waals surface area contributed by atoms with Crippen molar-refractivity contribution in [1.29, 1.82) is 5.26 Å². The Morgan fingerprint density at radius 3 is 2.45 bits per heavy atom. The van der Waals surface area contributed by atoms with Crippen molar-refractivity contribution in [2.75, 3.05) is 27.2 Å². The molecule has 5 rings (SSSR count). The molecule has 1 atom stereocenters. The van der Waals surface area contributed by atoms with E-state index in [2.05, 4.69) is 77.3 Å². The lowest BCUT2D eigenvalue weighted by Gasteiger charge is -2.21. The summed E-state index contributed by atoms with van der Waals surface area (Å²) in [5.74, 6) is 0. The molecule has 0 amide bonds. The zero-order valence-electron chi connectivity index (χ0n) is 19.4. The second kappa shape index (κ2) is 8.78. The third-order valence-corrected chi connectivity index (χ3v) is 6.64. The predicted molar refractivity (Wildman–Crippen MR) is 131 cm³/mol. The van der Waals surface area contributed by atoms with Crippen LogP contribution in [0.2, 0.25) is 0 Å². The van der Waals surface area contributed by atoms with Crippen LogP contribution < -0.4 is 0 Å². The Kier molecular flexibility index (Phi) is 5.67. The maximum Gasteiger partial charge on any atom is 0.160 e. The van der Waals surface area contributed by atoms with Crippen molar-refractivity contribution in [3.8, 4) is 28.5 Å². The van der Waals surface area contributed by atoms with Gasteiger partial charge < -0.3 is 4.90 Å². The van der Waals surface area contributed by atoms with Crippen molar-refractivity contribution >= 4 is 5.65 Å². The van der Waals surface area contributed by atoms with Crippen LogP contribution in [-0.2, 0) is 6.54 Å². The lowest BCUT2D eigenvalue weighted by atomic mass is 9.96. The van der Waals surface area contributed by atoms with E-state index in [1.807, 2.05) is 28.8 Å². The molecule has 0 aliphatic carbocycles. The highest BCUT2D eigenvalue weighted by Crippen LogP contribution is 2.35. The molecule has 2 aromatic carbocycles. The average Bonchev–Trinajstić information content (AvgIpc) is 3.50. The highest BCUT2D eigenvalue weighted by molar-refractivity contribution is 5.84. The Morgan fingerprint density at radius 1 is 1.06 bits per heavy atom. The number of pyridine rings is 1. The number of likely N-dealkylation sites (N-methyl/N-ethyl adjacent to an activating group) is 1. The van der Waals surface area contributed by atoms with Gasteiger partial charge >= 0.3 is 0 Å². The minimum absolute atomic E-state index is 0.587. The Bertz CT molecular complexity index is 1310. The van der Waals surface area contributed by atoms with Crippen molar-refractivity contribution in [2.45, 2.75) is 25.9 Å². The van der Waals surface area contributed by atoms with Gasteiger partial charge in [-0.15, -0.1) is 0 Å². The summed E-state index contributed by atoms with van der Waals surface area (Å²) in [5.41, 5.74) is 8.22. The van der Waals surface area contributed by atoms with Gasteiger partial charge in [0.05, 0.1) is 17.3 Å². The van der Waals surface area contributed by atoms with Crippen molar-refractivity contribution in [2.24, 2.45) is 0 Å². The second-order valence-corrected chi connectivity index (χ2v) is 9.12. The van der Waals surface area contributed by atoms with Crippen LogP contribution in [0.25, 0.3) is 28.0 Å². The number of hydrogen-bond donors (Lipinski definition) is 0. The summed E-state index contributed by atoms with van der Waals surface area (Å²) in [4.78, 5) is 9.47. The summed E-state index contributed by atoms with van der Waals surface area (Å²) in [7, 11) is 4.31. The van der Waals surface area contributed by atoms with Gasteiger partial charge in [-0.2, -0.15) is 10.4 Å². The monoisotopic (exact) mass is 436 g/mol. The first-order chi connectivity index (χ1) is 16.0. The number of nitrogens with zero attached hydrogens (tertiary/aromatic N) is 6. The molecule has 6 nitrogen and oxygen atoms in total. The minimum Gasteiger partial charge on any atom is -0.305 e. The lowest BCUT2D eigenvalue weighted by molar-refractivity contribution is 0.265. The highest BCUT2D eigenvalue weighted by Gasteiger charge is 2.25. The van der Waals surface area contributed by atoms with E-state index >= 15 is 0 Å². The summed E-state index contributed by atoms with van der Waals surface area (Å²) in [6, 6.07) is 21.4. The average molecular weight is 437 g/mol. The fourth-order valence-corrected chi connectivity index (χ4v) is 4.71. The topological polar surface area (TPSA) is 60.5 Å². The van der Waals surface area contributed by atoms with E-state index in [-0.39, 0.29) is 0 Å². The van der Waals surface area contributed by atoms with Crippen molar-refractivity contribution in [3.63, 3.8) is 0 Å². The first-order valence-electron chi connectivity index (χ1n) is 11.4. The first-order valence-corrected chi connectivity index (χ1v) is 11.4. The van der Waals surface area contributed by atoms with Crippen molar-refractivity contribution < 1.29 is 0 Å². The molecule has 1 aliphatic rings. The number of hydrogen-bond acceptors (Lipinski definition) is 5. The molecule has 0 radical (unpaired) electrons. The van der Waals surface area contributed by atoms with Crippen LogP contribution in [-0.4, -0.2) is 57.6 Å². The smallest absolute Gasteiger partial charge is 0.160 e. The molecule has 4 aromatic rings. The van der Waals surface area contributed by atoms with Gasteiger partial charge in [0, 0.05) is 42.4 Å². The van der Waals surface area contributed by atoms with E-state index in [4.69, 9.17) is 0 Å². The van der Waals surface area contributed by atoms with Crippen molar-refractivity contribution in [1.82, 2.24) is 24.4 Å². The van der Waals surface area contributed by atoms with Gasteiger partial charge in [0.15, 0.2) is 5.65 Å². The fourth-order valence-electron chi connectivity index (χ4n) is 4.71. The normalized spacial score (nSPS) is 16.5. The molecular formula is C27H28N6. The maximum absolute atomic E-state index is 9.25. The van der Waals surface area contributed by atoms with Gasteiger partial charge in [0.2, 0.25) is 0 Å². The predicted octanol–water partition coefficient (Wildman–Crippen LogP) is 4.38. The lowest BCUT2D eigenvalue weighted by Crippen LogP contribution is -2.31. The van der Waals surface area contributed by atoms with Crippen LogP contribution in [0.15, 0.2) is 60.9 Å². The van der Waals surface area contributed by atoms with E-state index in [1.165, 1.54) is 17.5 Å². The Balaban J connectivity index is 1.65.